The summed E-state index contributed by atoms with van der Waals surface area (Å²) >= 11 is 0. The molecule has 0 N–H and O–H groups in total. The Bertz CT molecular complexity index is 738. The van der Waals surface area contributed by atoms with Gasteiger partial charge in [0.25, 0.3) is 0 Å². The van der Waals surface area contributed by atoms with Gasteiger partial charge < -0.3 is 4.74 Å². The van der Waals surface area contributed by atoms with Gasteiger partial charge in [-0.2, -0.15) is 0 Å². The topological polar surface area (TPSA) is 65.7 Å². The van der Waals surface area contributed by atoms with Gasteiger partial charge in [0.2, 0.25) is 0 Å². The van der Waals surface area contributed by atoms with Gasteiger partial charge in [-0.1, -0.05) is 12.1 Å². The monoisotopic (exact) mass is 251 g/mol. The van der Waals surface area contributed by atoms with Gasteiger partial charge in [0.1, 0.15) is 18.1 Å². The van der Waals surface area contributed by atoms with Gasteiger partial charge in [-0.15, -0.1) is 10.2 Å². The van der Waals surface area contributed by atoms with E-state index in [1.165, 1.54) is 0 Å². The number of aromatic nitrogens is 5. The molecule has 19 heavy (non-hydrogen) atoms. The minimum atomic E-state index is 0.407. The number of nitrogens with zero attached hydrogens (tertiary/aromatic N) is 5. The second-order valence-electron chi connectivity index (χ2n) is 4.12. The van der Waals surface area contributed by atoms with Crippen LogP contribution in [0.15, 0.2) is 42.9 Å². The van der Waals surface area contributed by atoms with Crippen molar-refractivity contribution >= 4 is 0 Å². The summed E-state index contributed by atoms with van der Waals surface area (Å²) in [6, 6.07) is 7.80. The van der Waals surface area contributed by atoms with Gasteiger partial charge >= 0.3 is 0 Å². The average molecular weight is 251 g/mol. The molecule has 1 aliphatic heterocycles. The normalized spacial score (nSPS) is 12.4. The standard InChI is InChI=1S/C13H9N5O/c1-2-4-11-10(3-1)18-12(8-19-11)16-17-13(18)9-7-14-5-6-15-9/h1-7H,8H2. The Kier molecular flexibility index (Phi) is 2.08. The Hall–Kier alpha value is -2.76. The molecule has 0 fully saturated rings. The van der Waals surface area contributed by atoms with Crippen LogP contribution < -0.4 is 4.74 Å². The molecule has 0 amide bonds. The van der Waals surface area contributed by atoms with E-state index in [0.717, 1.165) is 17.3 Å². The summed E-state index contributed by atoms with van der Waals surface area (Å²) < 4.78 is 7.60. The van der Waals surface area contributed by atoms with Crippen LogP contribution in [0.4, 0.5) is 0 Å². The zero-order valence-corrected chi connectivity index (χ0v) is 9.89. The van der Waals surface area contributed by atoms with Crippen LogP contribution in [0, 0.1) is 0 Å². The van der Waals surface area contributed by atoms with Crippen LogP contribution in [-0.4, -0.2) is 24.7 Å². The predicted molar refractivity (Wildman–Crippen MR) is 66.7 cm³/mol. The quantitative estimate of drug-likeness (QED) is 0.657. The van der Waals surface area contributed by atoms with Crippen LogP contribution in [0.1, 0.15) is 5.82 Å². The third kappa shape index (κ3) is 1.50. The van der Waals surface area contributed by atoms with Crippen molar-refractivity contribution in [1.82, 2.24) is 24.7 Å². The third-order valence-electron chi connectivity index (χ3n) is 2.99. The molecular formula is C13H9N5O. The lowest BCUT2D eigenvalue weighted by Crippen LogP contribution is -2.13. The summed E-state index contributed by atoms with van der Waals surface area (Å²) in [5.74, 6) is 2.26. The van der Waals surface area contributed by atoms with E-state index in [9.17, 15) is 0 Å². The molecule has 3 aromatic rings. The van der Waals surface area contributed by atoms with Crippen molar-refractivity contribution in [3.63, 3.8) is 0 Å². The molecule has 0 aliphatic carbocycles. The largest absolute Gasteiger partial charge is 0.483 e. The number of fused-ring (bicyclic) bond motifs is 3. The van der Waals surface area contributed by atoms with E-state index in [-0.39, 0.29) is 0 Å². The molecular weight excluding hydrogens is 242 g/mol. The van der Waals surface area contributed by atoms with E-state index >= 15 is 0 Å². The van der Waals surface area contributed by atoms with Crippen molar-refractivity contribution < 1.29 is 4.74 Å². The van der Waals surface area contributed by atoms with E-state index in [0.29, 0.717) is 18.1 Å². The summed E-state index contributed by atoms with van der Waals surface area (Å²) in [5, 5.41) is 8.35. The van der Waals surface area contributed by atoms with Crippen molar-refractivity contribution in [2.75, 3.05) is 0 Å². The number of rotatable bonds is 1. The lowest BCUT2D eigenvalue weighted by molar-refractivity contribution is 0.279. The first-order valence-corrected chi connectivity index (χ1v) is 5.86. The molecule has 3 heterocycles. The van der Waals surface area contributed by atoms with E-state index in [1.807, 2.05) is 28.8 Å². The highest BCUT2D eigenvalue weighted by Crippen LogP contribution is 2.32. The fraction of sp³-hybridized carbons (Fsp3) is 0.0769. The predicted octanol–water partition coefficient (Wildman–Crippen LogP) is 1.62. The minimum absolute atomic E-state index is 0.407. The van der Waals surface area contributed by atoms with Crippen LogP contribution in [0.5, 0.6) is 5.75 Å². The fourth-order valence-corrected chi connectivity index (χ4v) is 2.15. The molecule has 0 bridgehead atoms. The molecule has 0 radical (unpaired) electrons. The van der Waals surface area contributed by atoms with Gasteiger partial charge in [0.05, 0.1) is 11.9 Å². The lowest BCUT2D eigenvalue weighted by atomic mass is 10.2. The summed E-state index contributed by atoms with van der Waals surface area (Å²) in [4.78, 5) is 8.35. The van der Waals surface area contributed by atoms with Crippen LogP contribution >= 0.6 is 0 Å². The van der Waals surface area contributed by atoms with Crippen LogP contribution in [0.3, 0.4) is 0 Å². The zero-order valence-electron chi connectivity index (χ0n) is 9.89. The number of para-hydroxylation sites is 2. The van der Waals surface area contributed by atoms with Gasteiger partial charge in [-0.3, -0.25) is 9.55 Å². The van der Waals surface area contributed by atoms with E-state index in [4.69, 9.17) is 4.74 Å². The first-order valence-electron chi connectivity index (χ1n) is 5.86. The maximum Gasteiger partial charge on any atom is 0.189 e. The molecule has 0 atom stereocenters. The Balaban J connectivity index is 1.97. The first-order chi connectivity index (χ1) is 9.43. The molecule has 0 unspecified atom stereocenters. The highest BCUT2D eigenvalue weighted by Gasteiger charge is 2.23. The second kappa shape index (κ2) is 3.88. The van der Waals surface area contributed by atoms with Crippen molar-refractivity contribution in [2.45, 2.75) is 6.61 Å². The molecule has 0 spiro atoms. The van der Waals surface area contributed by atoms with E-state index in [1.54, 1.807) is 18.6 Å². The van der Waals surface area contributed by atoms with Crippen LogP contribution in [0.2, 0.25) is 0 Å². The summed E-state index contributed by atoms with van der Waals surface area (Å²) in [6.07, 6.45) is 4.95. The molecule has 4 rings (SSSR count). The lowest BCUT2D eigenvalue weighted by Gasteiger charge is -2.19. The molecule has 1 aromatic carbocycles. The SMILES string of the molecule is c1ccc2c(c1)OCc1nnc(-c3cnccn3)n1-2. The van der Waals surface area contributed by atoms with Gasteiger partial charge in [0.15, 0.2) is 11.6 Å². The van der Waals surface area contributed by atoms with E-state index < -0.39 is 0 Å². The van der Waals surface area contributed by atoms with Crippen LogP contribution in [0.25, 0.3) is 17.2 Å². The van der Waals surface area contributed by atoms with Crippen LogP contribution in [-0.2, 0) is 6.61 Å². The minimum Gasteiger partial charge on any atom is -0.483 e. The summed E-state index contributed by atoms with van der Waals surface area (Å²) in [6.45, 7) is 0.407. The van der Waals surface area contributed by atoms with Gasteiger partial charge in [-0.05, 0) is 12.1 Å². The first kappa shape index (κ1) is 10.2. The maximum absolute atomic E-state index is 5.64. The van der Waals surface area contributed by atoms with Crippen molar-refractivity contribution in [3.8, 4) is 23.0 Å². The average Bonchev–Trinajstić information content (AvgIpc) is 2.92. The second-order valence-corrected chi connectivity index (χ2v) is 4.12. The Labute approximate surface area is 108 Å². The molecule has 0 saturated carbocycles. The van der Waals surface area contributed by atoms with Gasteiger partial charge in [0, 0.05) is 12.4 Å². The molecule has 6 heteroatoms. The molecule has 2 aromatic heterocycles. The Morgan fingerprint density at radius 1 is 1.11 bits per heavy atom. The molecule has 92 valence electrons. The Morgan fingerprint density at radius 3 is 2.95 bits per heavy atom. The smallest absolute Gasteiger partial charge is 0.189 e. The van der Waals surface area contributed by atoms with Crippen molar-refractivity contribution in [3.05, 3.63) is 48.7 Å². The Morgan fingerprint density at radius 2 is 2.05 bits per heavy atom. The molecule has 6 nitrogen and oxygen atoms in total. The number of hydrogen-bond acceptors (Lipinski definition) is 5. The highest BCUT2D eigenvalue weighted by molar-refractivity contribution is 5.58. The number of ether oxygens (including phenoxy) is 1. The third-order valence-corrected chi connectivity index (χ3v) is 2.99. The van der Waals surface area contributed by atoms with Gasteiger partial charge in [-0.25, -0.2) is 4.98 Å². The van der Waals surface area contributed by atoms with Crippen molar-refractivity contribution in [2.24, 2.45) is 0 Å². The zero-order chi connectivity index (χ0) is 12.7. The fourth-order valence-electron chi connectivity index (χ4n) is 2.15. The summed E-state index contributed by atoms with van der Waals surface area (Å²) in [7, 11) is 0. The molecule has 1 aliphatic rings. The maximum atomic E-state index is 5.64. The highest BCUT2D eigenvalue weighted by atomic mass is 16.5. The molecule has 0 saturated heterocycles. The number of hydrogen-bond donors (Lipinski definition) is 0. The van der Waals surface area contributed by atoms with Crippen molar-refractivity contribution in [1.29, 1.82) is 0 Å². The van der Waals surface area contributed by atoms with E-state index in [2.05, 4.69) is 20.2 Å². The number of benzene rings is 1. The summed E-state index contributed by atoms with van der Waals surface area (Å²) in [5.41, 5.74) is 1.62.